The van der Waals surface area contributed by atoms with Crippen LogP contribution in [0.3, 0.4) is 0 Å². The van der Waals surface area contributed by atoms with Gasteiger partial charge in [-0.1, -0.05) is 30.3 Å². The number of hydrogen-bond acceptors (Lipinski definition) is 6. The van der Waals surface area contributed by atoms with E-state index in [1.807, 2.05) is 25.1 Å². The van der Waals surface area contributed by atoms with Crippen LogP contribution in [0.2, 0.25) is 0 Å². The van der Waals surface area contributed by atoms with E-state index in [0.29, 0.717) is 11.9 Å². The monoisotopic (exact) mass is 388 g/mol. The topological polar surface area (TPSA) is 83.0 Å². The van der Waals surface area contributed by atoms with Gasteiger partial charge in [0.05, 0.1) is 6.04 Å². The molecule has 3 aromatic rings. The molecule has 2 heterocycles. The first-order valence-corrected chi connectivity index (χ1v) is 9.70. The number of nitrogens with zero attached hydrogens (tertiary/aromatic N) is 4. The fourth-order valence-electron chi connectivity index (χ4n) is 3.75. The zero-order valence-corrected chi connectivity index (χ0v) is 16.8. The Morgan fingerprint density at radius 1 is 1.10 bits per heavy atom. The lowest BCUT2D eigenvalue weighted by molar-refractivity contribution is -0.114. The Morgan fingerprint density at radius 2 is 1.90 bits per heavy atom. The van der Waals surface area contributed by atoms with E-state index >= 15 is 0 Å². The van der Waals surface area contributed by atoms with E-state index in [1.54, 1.807) is 0 Å². The Hall–Kier alpha value is -3.48. The van der Waals surface area contributed by atoms with Crippen LogP contribution in [0.4, 0.5) is 23.3 Å². The Bertz CT molecular complexity index is 1050. The molecule has 0 saturated carbocycles. The predicted molar refractivity (Wildman–Crippen MR) is 114 cm³/mol. The molecule has 1 atom stereocenters. The molecule has 1 unspecified atom stereocenters. The van der Waals surface area contributed by atoms with E-state index in [2.05, 4.69) is 61.7 Å². The molecular weight excluding hydrogens is 364 g/mol. The summed E-state index contributed by atoms with van der Waals surface area (Å²) in [6.07, 6.45) is 2.50. The van der Waals surface area contributed by atoms with Gasteiger partial charge in [0.1, 0.15) is 6.33 Å². The SMILES string of the molecule is CC(=O)Nc1cccc(Nc2ncnc(N3CCc4ccccc4C3C)n2)c1C. The van der Waals surface area contributed by atoms with E-state index in [-0.39, 0.29) is 11.9 Å². The van der Waals surface area contributed by atoms with Crippen LogP contribution in [0, 0.1) is 6.92 Å². The Labute approximate surface area is 170 Å². The summed E-state index contributed by atoms with van der Waals surface area (Å²) in [5.74, 6) is 1.02. The third-order valence-corrected chi connectivity index (χ3v) is 5.30. The maximum Gasteiger partial charge on any atom is 0.232 e. The molecule has 0 bridgehead atoms. The first-order valence-electron chi connectivity index (χ1n) is 9.70. The summed E-state index contributed by atoms with van der Waals surface area (Å²) in [5, 5.41) is 6.10. The van der Waals surface area contributed by atoms with Crippen LogP contribution in [-0.2, 0) is 11.2 Å². The normalized spacial score (nSPS) is 15.6. The van der Waals surface area contributed by atoms with Crippen molar-refractivity contribution in [2.45, 2.75) is 33.2 Å². The summed E-state index contributed by atoms with van der Waals surface area (Å²) in [5.41, 5.74) is 5.22. The number of anilines is 4. The number of hydrogen-bond donors (Lipinski definition) is 2. The van der Waals surface area contributed by atoms with Gasteiger partial charge in [-0.05, 0) is 49.1 Å². The zero-order valence-electron chi connectivity index (χ0n) is 16.8. The van der Waals surface area contributed by atoms with Crippen molar-refractivity contribution in [3.63, 3.8) is 0 Å². The van der Waals surface area contributed by atoms with Gasteiger partial charge in [0.25, 0.3) is 0 Å². The minimum atomic E-state index is -0.105. The summed E-state index contributed by atoms with van der Waals surface area (Å²) in [6, 6.07) is 14.4. The smallest absolute Gasteiger partial charge is 0.232 e. The molecule has 0 aliphatic carbocycles. The molecule has 1 amide bonds. The van der Waals surface area contributed by atoms with Gasteiger partial charge in [0.2, 0.25) is 17.8 Å². The van der Waals surface area contributed by atoms with Crippen molar-refractivity contribution >= 4 is 29.2 Å². The third kappa shape index (κ3) is 3.89. The Kier molecular flexibility index (Phi) is 5.12. The molecule has 29 heavy (non-hydrogen) atoms. The van der Waals surface area contributed by atoms with Gasteiger partial charge in [-0.2, -0.15) is 4.98 Å². The van der Waals surface area contributed by atoms with Crippen molar-refractivity contribution in [1.82, 2.24) is 15.0 Å². The highest BCUT2D eigenvalue weighted by Crippen LogP contribution is 2.32. The highest BCUT2D eigenvalue weighted by atomic mass is 16.1. The highest BCUT2D eigenvalue weighted by Gasteiger charge is 2.25. The summed E-state index contributed by atoms with van der Waals surface area (Å²) >= 11 is 0. The molecule has 2 N–H and O–H groups in total. The molecule has 0 radical (unpaired) electrons. The Balaban J connectivity index is 1.58. The number of aromatic nitrogens is 3. The number of benzene rings is 2. The van der Waals surface area contributed by atoms with Crippen LogP contribution in [-0.4, -0.2) is 27.4 Å². The predicted octanol–water partition coefficient (Wildman–Crippen LogP) is 4.01. The van der Waals surface area contributed by atoms with Crippen molar-refractivity contribution in [2.75, 3.05) is 22.1 Å². The lowest BCUT2D eigenvalue weighted by atomic mass is 9.94. The van der Waals surface area contributed by atoms with E-state index in [1.165, 1.54) is 24.4 Å². The molecule has 148 valence electrons. The average Bonchev–Trinajstić information content (AvgIpc) is 2.71. The first kappa shape index (κ1) is 18.9. The van der Waals surface area contributed by atoms with Crippen molar-refractivity contribution in [1.29, 1.82) is 0 Å². The van der Waals surface area contributed by atoms with Crippen LogP contribution in [0.25, 0.3) is 0 Å². The van der Waals surface area contributed by atoms with Gasteiger partial charge in [0, 0.05) is 24.8 Å². The molecule has 1 aliphatic rings. The zero-order chi connectivity index (χ0) is 20.4. The number of carbonyl (C=O) groups excluding carboxylic acids is 1. The third-order valence-electron chi connectivity index (χ3n) is 5.30. The van der Waals surface area contributed by atoms with Crippen LogP contribution in [0.15, 0.2) is 48.8 Å². The Morgan fingerprint density at radius 3 is 2.72 bits per heavy atom. The van der Waals surface area contributed by atoms with Crippen molar-refractivity contribution < 1.29 is 4.79 Å². The van der Waals surface area contributed by atoms with Gasteiger partial charge >= 0.3 is 0 Å². The van der Waals surface area contributed by atoms with Crippen molar-refractivity contribution in [3.8, 4) is 0 Å². The molecule has 1 aliphatic heterocycles. The molecule has 0 spiro atoms. The maximum atomic E-state index is 11.4. The number of rotatable bonds is 4. The highest BCUT2D eigenvalue weighted by molar-refractivity contribution is 5.90. The molecular formula is C22H24N6O. The second-order valence-electron chi connectivity index (χ2n) is 7.21. The van der Waals surface area contributed by atoms with Crippen molar-refractivity contribution in [3.05, 3.63) is 65.5 Å². The number of fused-ring (bicyclic) bond motifs is 1. The lowest BCUT2D eigenvalue weighted by Crippen LogP contribution is -2.35. The first-order chi connectivity index (χ1) is 14.0. The van der Waals surface area contributed by atoms with Crippen LogP contribution in [0.5, 0.6) is 0 Å². The van der Waals surface area contributed by atoms with E-state index in [9.17, 15) is 4.79 Å². The molecule has 7 nitrogen and oxygen atoms in total. The van der Waals surface area contributed by atoms with Gasteiger partial charge < -0.3 is 15.5 Å². The minimum Gasteiger partial charge on any atom is -0.334 e. The fourth-order valence-corrected chi connectivity index (χ4v) is 3.75. The fraction of sp³-hybridized carbons (Fsp3) is 0.273. The molecule has 0 saturated heterocycles. The van der Waals surface area contributed by atoms with E-state index in [0.717, 1.165) is 29.9 Å². The minimum absolute atomic E-state index is 0.105. The number of carbonyl (C=O) groups is 1. The number of amides is 1. The maximum absolute atomic E-state index is 11.4. The van der Waals surface area contributed by atoms with Gasteiger partial charge in [-0.15, -0.1) is 0 Å². The van der Waals surface area contributed by atoms with Crippen LogP contribution in [0.1, 0.15) is 36.6 Å². The number of nitrogens with one attached hydrogen (secondary N) is 2. The summed E-state index contributed by atoms with van der Waals surface area (Å²) in [4.78, 5) is 27.0. The molecule has 2 aromatic carbocycles. The largest absolute Gasteiger partial charge is 0.334 e. The van der Waals surface area contributed by atoms with Gasteiger partial charge in [-0.25, -0.2) is 9.97 Å². The molecule has 1 aromatic heterocycles. The van der Waals surface area contributed by atoms with Gasteiger partial charge in [-0.3, -0.25) is 4.79 Å². The molecule has 0 fully saturated rings. The second kappa shape index (κ2) is 7.87. The lowest BCUT2D eigenvalue weighted by Gasteiger charge is -2.35. The quantitative estimate of drug-likeness (QED) is 0.703. The van der Waals surface area contributed by atoms with Crippen molar-refractivity contribution in [2.24, 2.45) is 0 Å². The van der Waals surface area contributed by atoms with E-state index < -0.39 is 0 Å². The molecule has 4 rings (SSSR count). The van der Waals surface area contributed by atoms with Gasteiger partial charge in [0.15, 0.2) is 0 Å². The second-order valence-corrected chi connectivity index (χ2v) is 7.21. The van der Waals surface area contributed by atoms with Crippen LogP contribution >= 0.6 is 0 Å². The molecule has 7 heteroatoms. The average molecular weight is 388 g/mol. The summed E-state index contributed by atoms with van der Waals surface area (Å²) in [7, 11) is 0. The standard InChI is InChI=1S/C22H24N6O/c1-14-19(25-16(3)29)9-6-10-20(14)26-21-23-13-24-22(27-21)28-12-11-17-7-4-5-8-18(17)15(28)2/h4-10,13,15H,11-12H2,1-3H3,(H,25,29)(H,23,24,26,27). The van der Waals surface area contributed by atoms with E-state index in [4.69, 9.17) is 0 Å². The van der Waals surface area contributed by atoms with Crippen LogP contribution < -0.4 is 15.5 Å². The summed E-state index contributed by atoms with van der Waals surface area (Å²) in [6.45, 7) is 6.48. The summed E-state index contributed by atoms with van der Waals surface area (Å²) < 4.78 is 0.